The lowest BCUT2D eigenvalue weighted by molar-refractivity contribution is 0.301. The van der Waals surface area contributed by atoms with Crippen LogP contribution in [0.15, 0.2) is 59.8 Å². The summed E-state index contributed by atoms with van der Waals surface area (Å²) in [5, 5.41) is 10.6. The number of ether oxygens (including phenoxy) is 1. The van der Waals surface area contributed by atoms with E-state index in [0.29, 0.717) is 28.2 Å². The maximum Gasteiger partial charge on any atom is 0.191 e. The van der Waals surface area contributed by atoms with E-state index >= 15 is 0 Å². The third-order valence-corrected chi connectivity index (χ3v) is 6.43. The van der Waals surface area contributed by atoms with Crippen molar-refractivity contribution < 1.29 is 9.84 Å². The fourth-order valence-corrected chi connectivity index (χ4v) is 4.84. The van der Waals surface area contributed by atoms with Crippen LogP contribution in [-0.4, -0.2) is 39.8 Å². The molecule has 0 spiro atoms. The molecule has 0 saturated heterocycles. The van der Waals surface area contributed by atoms with Crippen LogP contribution in [0.25, 0.3) is 10.3 Å². The molecule has 0 saturated carbocycles. The van der Waals surface area contributed by atoms with E-state index in [4.69, 9.17) is 15.5 Å². The van der Waals surface area contributed by atoms with Gasteiger partial charge in [0.1, 0.15) is 16.2 Å². The van der Waals surface area contributed by atoms with Gasteiger partial charge in [-0.2, -0.15) is 0 Å². The first-order valence-corrected chi connectivity index (χ1v) is 12.2. The maximum atomic E-state index is 9.52. The second-order valence-corrected chi connectivity index (χ2v) is 9.07. The molecule has 0 atom stereocenters. The zero-order chi connectivity index (χ0) is 22.3. The number of fused-ring (bicyclic) bond motifs is 1. The molecule has 0 aliphatic heterocycles. The van der Waals surface area contributed by atoms with Gasteiger partial charge in [0, 0.05) is 18.8 Å². The molecular weight excluding hydrogens is 442 g/mol. The molecule has 166 valence electrons. The molecule has 2 heterocycles. The Morgan fingerprint density at radius 2 is 1.84 bits per heavy atom. The zero-order valence-corrected chi connectivity index (χ0v) is 19.4. The Morgan fingerprint density at radius 3 is 2.62 bits per heavy atom. The van der Waals surface area contributed by atoms with Crippen LogP contribution in [0.4, 0.5) is 10.9 Å². The van der Waals surface area contributed by atoms with E-state index in [1.54, 1.807) is 0 Å². The number of anilines is 2. The minimum atomic E-state index is 0.0520. The standard InChI is InChI=1S/C23H25N5O2S2/c1-2-11-28(12-13-29)21-19-20(25-22(24)32-19)26-23(27-21)31-15-16-7-6-10-18(14-16)30-17-8-4-3-5-9-17/h3-10,14,29H,2,11-13,15H2,1H3,(H2,24,25,26,27). The van der Waals surface area contributed by atoms with Crippen LogP contribution in [0.5, 0.6) is 11.5 Å². The number of nitrogens with two attached hydrogens (primary N) is 1. The molecule has 2 aromatic carbocycles. The SMILES string of the molecule is CCCN(CCO)c1nc(SCc2cccc(Oc3ccccc3)c2)nc2nc(N)sc12. The minimum absolute atomic E-state index is 0.0520. The Morgan fingerprint density at radius 1 is 1.03 bits per heavy atom. The monoisotopic (exact) mass is 467 g/mol. The van der Waals surface area contributed by atoms with E-state index in [9.17, 15) is 5.11 Å². The van der Waals surface area contributed by atoms with Gasteiger partial charge in [-0.05, 0) is 36.2 Å². The molecule has 0 aliphatic rings. The van der Waals surface area contributed by atoms with Gasteiger partial charge in [-0.3, -0.25) is 0 Å². The second kappa shape index (κ2) is 10.6. The van der Waals surface area contributed by atoms with Crippen molar-refractivity contribution in [1.29, 1.82) is 0 Å². The number of aliphatic hydroxyl groups is 1. The van der Waals surface area contributed by atoms with Crippen LogP contribution in [0.3, 0.4) is 0 Å². The van der Waals surface area contributed by atoms with Crippen molar-refractivity contribution >= 4 is 44.4 Å². The summed E-state index contributed by atoms with van der Waals surface area (Å²) in [5.41, 5.74) is 7.65. The van der Waals surface area contributed by atoms with Crippen LogP contribution in [0.1, 0.15) is 18.9 Å². The predicted octanol–water partition coefficient (Wildman–Crippen LogP) is 4.96. The zero-order valence-electron chi connectivity index (χ0n) is 17.8. The molecule has 0 unspecified atom stereocenters. The molecule has 0 aliphatic carbocycles. The fourth-order valence-electron chi connectivity index (χ4n) is 3.27. The van der Waals surface area contributed by atoms with Crippen molar-refractivity contribution in [2.75, 3.05) is 30.3 Å². The average Bonchev–Trinajstić information content (AvgIpc) is 3.18. The van der Waals surface area contributed by atoms with Gasteiger partial charge < -0.3 is 20.5 Å². The Labute approximate surface area is 195 Å². The maximum absolute atomic E-state index is 9.52. The van der Waals surface area contributed by atoms with Crippen LogP contribution in [-0.2, 0) is 5.75 Å². The predicted molar refractivity (Wildman–Crippen MR) is 132 cm³/mol. The van der Waals surface area contributed by atoms with Crippen molar-refractivity contribution in [3.05, 3.63) is 60.2 Å². The minimum Gasteiger partial charge on any atom is -0.457 e. The topological polar surface area (TPSA) is 97.4 Å². The van der Waals surface area contributed by atoms with E-state index in [2.05, 4.69) is 27.9 Å². The molecule has 2 aromatic heterocycles. The third kappa shape index (κ3) is 5.48. The van der Waals surface area contributed by atoms with Crippen LogP contribution < -0.4 is 15.4 Å². The molecule has 0 radical (unpaired) electrons. The number of para-hydroxylation sites is 1. The number of thioether (sulfide) groups is 1. The summed E-state index contributed by atoms with van der Waals surface area (Å²) in [7, 11) is 0. The molecule has 0 amide bonds. The largest absolute Gasteiger partial charge is 0.457 e. The highest BCUT2D eigenvalue weighted by molar-refractivity contribution is 7.98. The average molecular weight is 468 g/mol. The fraction of sp³-hybridized carbons (Fsp3) is 0.261. The van der Waals surface area contributed by atoms with Gasteiger partial charge >= 0.3 is 0 Å². The third-order valence-electron chi connectivity index (χ3n) is 4.64. The quantitative estimate of drug-likeness (QED) is 0.249. The number of aliphatic hydroxyl groups excluding tert-OH is 1. The van der Waals surface area contributed by atoms with E-state index in [0.717, 1.165) is 40.5 Å². The van der Waals surface area contributed by atoms with Gasteiger partial charge in [-0.1, -0.05) is 60.4 Å². The molecule has 4 aromatic rings. The molecule has 4 rings (SSSR count). The van der Waals surface area contributed by atoms with Crippen LogP contribution in [0, 0.1) is 0 Å². The van der Waals surface area contributed by atoms with Gasteiger partial charge in [0.2, 0.25) is 0 Å². The van der Waals surface area contributed by atoms with E-state index < -0.39 is 0 Å². The summed E-state index contributed by atoms with van der Waals surface area (Å²) in [6, 6.07) is 17.7. The summed E-state index contributed by atoms with van der Waals surface area (Å²) >= 11 is 2.91. The van der Waals surface area contributed by atoms with Gasteiger partial charge in [-0.15, -0.1) is 0 Å². The first-order valence-electron chi connectivity index (χ1n) is 10.4. The molecule has 3 N–H and O–H groups in total. The Balaban J connectivity index is 1.55. The lowest BCUT2D eigenvalue weighted by Gasteiger charge is -2.22. The molecule has 7 nitrogen and oxygen atoms in total. The highest BCUT2D eigenvalue weighted by Crippen LogP contribution is 2.34. The lowest BCUT2D eigenvalue weighted by atomic mass is 10.2. The first-order chi connectivity index (χ1) is 15.7. The highest BCUT2D eigenvalue weighted by Gasteiger charge is 2.18. The second-order valence-electron chi connectivity index (χ2n) is 7.10. The smallest absolute Gasteiger partial charge is 0.191 e. The number of benzene rings is 2. The number of rotatable bonds is 10. The van der Waals surface area contributed by atoms with Gasteiger partial charge in [0.05, 0.1) is 6.61 Å². The Bertz CT molecular complexity index is 1160. The van der Waals surface area contributed by atoms with E-state index in [-0.39, 0.29) is 6.61 Å². The normalized spacial score (nSPS) is 11.1. The Kier molecular flexibility index (Phi) is 7.41. The number of hydrogen-bond donors (Lipinski definition) is 2. The number of nitrogen functional groups attached to an aromatic ring is 1. The number of nitrogens with zero attached hydrogens (tertiary/aromatic N) is 4. The van der Waals surface area contributed by atoms with Crippen molar-refractivity contribution in [1.82, 2.24) is 15.0 Å². The van der Waals surface area contributed by atoms with Crippen molar-refractivity contribution in [3.8, 4) is 11.5 Å². The molecule has 32 heavy (non-hydrogen) atoms. The first kappa shape index (κ1) is 22.3. The summed E-state index contributed by atoms with van der Waals surface area (Å²) in [4.78, 5) is 15.9. The van der Waals surface area contributed by atoms with Crippen molar-refractivity contribution in [2.45, 2.75) is 24.3 Å². The highest BCUT2D eigenvalue weighted by atomic mass is 32.2. The van der Waals surface area contributed by atoms with Crippen LogP contribution >= 0.6 is 23.1 Å². The summed E-state index contributed by atoms with van der Waals surface area (Å²) in [5.74, 6) is 3.06. The molecule has 9 heteroatoms. The summed E-state index contributed by atoms with van der Waals surface area (Å²) < 4.78 is 6.80. The van der Waals surface area contributed by atoms with E-state index in [1.807, 2.05) is 48.5 Å². The number of aromatic nitrogens is 3. The summed E-state index contributed by atoms with van der Waals surface area (Å²) in [6.07, 6.45) is 0.941. The van der Waals surface area contributed by atoms with Crippen LogP contribution in [0.2, 0.25) is 0 Å². The van der Waals surface area contributed by atoms with Crippen molar-refractivity contribution in [2.24, 2.45) is 0 Å². The van der Waals surface area contributed by atoms with Gasteiger partial charge in [0.15, 0.2) is 21.8 Å². The van der Waals surface area contributed by atoms with Gasteiger partial charge in [0.25, 0.3) is 0 Å². The molecule has 0 fully saturated rings. The lowest BCUT2D eigenvalue weighted by Crippen LogP contribution is -2.28. The molecular formula is C23H25N5O2S2. The van der Waals surface area contributed by atoms with Gasteiger partial charge in [-0.25, -0.2) is 15.0 Å². The number of thiazole rings is 1. The van der Waals surface area contributed by atoms with E-state index in [1.165, 1.54) is 23.1 Å². The number of hydrogen-bond acceptors (Lipinski definition) is 9. The Hall–Kier alpha value is -2.88. The van der Waals surface area contributed by atoms with Crippen molar-refractivity contribution in [3.63, 3.8) is 0 Å². The summed E-state index contributed by atoms with van der Waals surface area (Å²) in [6.45, 7) is 3.44. The molecule has 0 bridgehead atoms.